The maximum absolute atomic E-state index is 4.03. The third kappa shape index (κ3) is 0.330. The molecule has 0 amide bonds. The van der Waals surface area contributed by atoms with Crippen LogP contribution in [0.15, 0.2) is 22.3 Å². The van der Waals surface area contributed by atoms with E-state index in [2.05, 4.69) is 9.98 Å². The summed E-state index contributed by atoms with van der Waals surface area (Å²) < 4.78 is 0. The van der Waals surface area contributed by atoms with E-state index in [4.69, 9.17) is 0 Å². The zero-order valence-corrected chi connectivity index (χ0v) is 3.70. The summed E-state index contributed by atoms with van der Waals surface area (Å²) in [5, 5.41) is 0. The Morgan fingerprint density at radius 1 is 1.57 bits per heavy atom. The van der Waals surface area contributed by atoms with Crippen LogP contribution in [-0.2, 0) is 0 Å². The highest BCUT2D eigenvalue weighted by atomic mass is 15.0. The molecule has 7 heavy (non-hydrogen) atoms. The molecule has 0 radical (unpaired) electrons. The predicted molar refractivity (Wildman–Crippen MR) is 28.9 cm³/mol. The van der Waals surface area contributed by atoms with Crippen LogP contribution in [0.2, 0.25) is 0 Å². The van der Waals surface area contributed by atoms with Gasteiger partial charge in [-0.2, -0.15) is 0 Å². The number of hydrogen-bond acceptors (Lipinski definition) is 2. The number of rotatable bonds is 0. The second-order valence-corrected chi connectivity index (χ2v) is 1.61. The van der Waals surface area contributed by atoms with Gasteiger partial charge in [-0.15, -0.1) is 0 Å². The van der Waals surface area contributed by atoms with Crippen molar-refractivity contribution in [2.75, 3.05) is 0 Å². The van der Waals surface area contributed by atoms with E-state index in [1.165, 1.54) is 5.71 Å². The lowest BCUT2D eigenvalue weighted by molar-refractivity contribution is 1.36. The van der Waals surface area contributed by atoms with Gasteiger partial charge in [0.25, 0.3) is 0 Å². The summed E-state index contributed by atoms with van der Waals surface area (Å²) in [7, 11) is 0. The van der Waals surface area contributed by atoms with Crippen LogP contribution >= 0.6 is 0 Å². The van der Waals surface area contributed by atoms with Gasteiger partial charge in [-0.05, 0) is 6.08 Å². The minimum absolute atomic E-state index is 0.366. The first-order valence-corrected chi connectivity index (χ1v) is 2.24. The number of fused-ring (bicyclic) bond motifs is 1. The van der Waals surface area contributed by atoms with Crippen molar-refractivity contribution in [3.05, 3.63) is 12.3 Å². The zero-order chi connectivity index (χ0) is 4.69. The second kappa shape index (κ2) is 0.832. The van der Waals surface area contributed by atoms with E-state index in [1.807, 2.05) is 12.3 Å². The van der Waals surface area contributed by atoms with Crippen molar-refractivity contribution in [3.8, 4) is 0 Å². The summed E-state index contributed by atoms with van der Waals surface area (Å²) >= 11 is 0. The fourth-order valence-electron chi connectivity index (χ4n) is 0.625. The molecule has 2 nitrogen and oxygen atoms in total. The summed E-state index contributed by atoms with van der Waals surface area (Å²) in [6.45, 7) is 0. The van der Waals surface area contributed by atoms with Crippen LogP contribution in [0.1, 0.15) is 0 Å². The van der Waals surface area contributed by atoms with Gasteiger partial charge >= 0.3 is 0 Å². The largest absolute Gasteiger partial charge is 0.272 e. The van der Waals surface area contributed by atoms with Crippen molar-refractivity contribution < 1.29 is 0 Å². The molecule has 2 aliphatic heterocycles. The van der Waals surface area contributed by atoms with E-state index < -0.39 is 0 Å². The van der Waals surface area contributed by atoms with Gasteiger partial charge in [-0.3, -0.25) is 9.98 Å². The van der Waals surface area contributed by atoms with E-state index in [-0.39, 0.29) is 0 Å². The molecule has 0 saturated carbocycles. The van der Waals surface area contributed by atoms with E-state index in [0.29, 0.717) is 6.04 Å². The summed E-state index contributed by atoms with van der Waals surface area (Å²) in [5.41, 5.74) is 1.18. The molecule has 0 saturated heterocycles. The molecule has 1 atom stereocenters. The molecule has 0 aliphatic carbocycles. The van der Waals surface area contributed by atoms with Crippen molar-refractivity contribution in [3.63, 3.8) is 0 Å². The van der Waals surface area contributed by atoms with Crippen LogP contribution in [0.5, 0.6) is 0 Å². The third-order valence-electron chi connectivity index (χ3n) is 1.08. The van der Waals surface area contributed by atoms with E-state index >= 15 is 0 Å². The van der Waals surface area contributed by atoms with Gasteiger partial charge in [0.15, 0.2) is 0 Å². The van der Waals surface area contributed by atoms with E-state index in [0.717, 1.165) is 0 Å². The van der Waals surface area contributed by atoms with Crippen molar-refractivity contribution in [1.82, 2.24) is 0 Å². The lowest BCUT2D eigenvalue weighted by Crippen LogP contribution is -1.97. The molecular weight excluding hydrogens is 88.1 g/mol. The van der Waals surface area contributed by atoms with Crippen LogP contribution in [-0.4, -0.2) is 18.0 Å². The normalized spacial score (nSPS) is 32.0. The maximum Gasteiger partial charge on any atom is 0.127 e. The van der Waals surface area contributed by atoms with Crippen molar-refractivity contribution in [1.29, 1.82) is 0 Å². The molecule has 0 fully saturated rings. The molecule has 2 rings (SSSR count). The average molecular weight is 92.1 g/mol. The fourth-order valence-corrected chi connectivity index (χ4v) is 0.625. The first kappa shape index (κ1) is 3.13. The van der Waals surface area contributed by atoms with Crippen molar-refractivity contribution >= 4 is 11.9 Å². The monoisotopic (exact) mass is 92.0 g/mol. The molecule has 0 aromatic heterocycles. The Labute approximate surface area is 41.3 Å². The Morgan fingerprint density at radius 2 is 2.57 bits per heavy atom. The van der Waals surface area contributed by atoms with Crippen LogP contribution in [0.4, 0.5) is 0 Å². The first-order chi connectivity index (χ1) is 3.47. The van der Waals surface area contributed by atoms with Crippen molar-refractivity contribution in [2.45, 2.75) is 6.04 Å². The molecule has 0 N–H and O–H groups in total. The Balaban J connectivity index is 2.38. The topological polar surface area (TPSA) is 24.7 Å². The Morgan fingerprint density at radius 3 is 3.14 bits per heavy atom. The molecule has 2 aliphatic rings. The van der Waals surface area contributed by atoms with Gasteiger partial charge in [0.05, 0.1) is 5.71 Å². The van der Waals surface area contributed by atoms with Crippen LogP contribution in [0, 0.1) is 0 Å². The molecule has 0 aromatic carbocycles. The van der Waals surface area contributed by atoms with Gasteiger partial charge in [-0.1, -0.05) is 0 Å². The Bertz CT molecular complexity index is 177. The van der Waals surface area contributed by atoms with Gasteiger partial charge in [0.2, 0.25) is 0 Å². The molecular formula is C5H4N2. The molecule has 0 bridgehead atoms. The van der Waals surface area contributed by atoms with Gasteiger partial charge < -0.3 is 0 Å². The number of hydrogen-bond donors (Lipinski definition) is 0. The van der Waals surface area contributed by atoms with Gasteiger partial charge in [-0.25, -0.2) is 0 Å². The quantitative estimate of drug-likeness (QED) is 0.413. The molecule has 34 valence electrons. The number of aliphatic imine (C=N–C) groups is 2. The van der Waals surface area contributed by atoms with E-state index in [9.17, 15) is 0 Å². The Kier molecular flexibility index (Phi) is 0.372. The fraction of sp³-hybridized carbons (Fsp3) is 0.200. The standard InChI is InChI=1S/C5H4N2/c1-2-6-3-5-4(1)7-5/h1-3,5H. The summed E-state index contributed by atoms with van der Waals surface area (Å²) in [5.74, 6) is 0. The lowest BCUT2D eigenvalue weighted by Gasteiger charge is -1.83. The minimum atomic E-state index is 0.366. The third-order valence-corrected chi connectivity index (χ3v) is 1.08. The van der Waals surface area contributed by atoms with Crippen molar-refractivity contribution in [2.24, 2.45) is 9.98 Å². The highest BCUT2D eigenvalue weighted by Gasteiger charge is 2.23. The highest BCUT2D eigenvalue weighted by molar-refractivity contribution is 6.20. The SMILES string of the molecule is C1=CC2=NC2C=N1. The van der Waals surface area contributed by atoms with Crippen LogP contribution < -0.4 is 0 Å². The van der Waals surface area contributed by atoms with Crippen LogP contribution in [0.3, 0.4) is 0 Å². The number of nitrogens with zero attached hydrogens (tertiary/aromatic N) is 2. The molecule has 1 unspecified atom stereocenters. The lowest BCUT2D eigenvalue weighted by atomic mass is 10.3. The van der Waals surface area contributed by atoms with Crippen LogP contribution in [0.25, 0.3) is 0 Å². The minimum Gasteiger partial charge on any atom is -0.272 e. The van der Waals surface area contributed by atoms with E-state index in [1.54, 1.807) is 6.20 Å². The average Bonchev–Trinajstić information content (AvgIpc) is 2.41. The molecule has 0 aromatic rings. The first-order valence-electron chi connectivity index (χ1n) is 2.24. The van der Waals surface area contributed by atoms with Gasteiger partial charge in [0, 0.05) is 12.4 Å². The molecule has 2 heterocycles. The Hall–Kier alpha value is -0.920. The smallest absolute Gasteiger partial charge is 0.127 e. The molecule has 2 heteroatoms. The summed E-state index contributed by atoms with van der Waals surface area (Å²) in [6.07, 6.45) is 5.54. The summed E-state index contributed by atoms with van der Waals surface area (Å²) in [6, 6.07) is 0.366. The second-order valence-electron chi connectivity index (χ2n) is 1.61. The molecule has 0 spiro atoms. The zero-order valence-electron chi connectivity index (χ0n) is 3.70. The van der Waals surface area contributed by atoms with Gasteiger partial charge in [0.1, 0.15) is 6.04 Å². The maximum atomic E-state index is 4.03. The summed E-state index contributed by atoms with van der Waals surface area (Å²) in [4.78, 5) is 7.91. The highest BCUT2D eigenvalue weighted by Crippen LogP contribution is 2.13. The predicted octanol–water partition coefficient (Wildman–Crippen LogP) is 0.408.